The van der Waals surface area contributed by atoms with Gasteiger partial charge in [0.15, 0.2) is 0 Å². The molecule has 0 radical (unpaired) electrons. The van der Waals surface area contributed by atoms with E-state index in [4.69, 9.17) is 9.15 Å². The van der Waals surface area contributed by atoms with Crippen molar-refractivity contribution in [3.8, 4) is 28.8 Å². The molecule has 6 heteroatoms. The van der Waals surface area contributed by atoms with Gasteiger partial charge in [-0.1, -0.05) is 30.3 Å². The van der Waals surface area contributed by atoms with Crippen molar-refractivity contribution in [3.63, 3.8) is 0 Å². The van der Waals surface area contributed by atoms with Gasteiger partial charge in [0.05, 0.1) is 11.0 Å². The Bertz CT molecular complexity index is 1770. The molecule has 0 aliphatic carbocycles. The predicted molar refractivity (Wildman–Crippen MR) is 136 cm³/mol. The molecule has 0 aliphatic heterocycles. The standard InChI is InChI=1S/C28H17N3O2S/c1-2-9-24-21(8-1)22-12-11-20(17-25(22)31(24)26-10-3-4-14-29-26)32-19-7-5-6-18(16-19)27-30-23-13-15-34-28(23)33-27/h1-17H. The van der Waals surface area contributed by atoms with E-state index >= 15 is 0 Å². The second-order valence-electron chi connectivity index (χ2n) is 7.96. The Hall–Kier alpha value is -4.42. The summed E-state index contributed by atoms with van der Waals surface area (Å²) in [5.41, 5.74) is 3.91. The van der Waals surface area contributed by atoms with E-state index in [1.807, 2.05) is 66.2 Å². The van der Waals surface area contributed by atoms with Gasteiger partial charge in [-0.25, -0.2) is 9.97 Å². The van der Waals surface area contributed by atoms with Crippen molar-refractivity contribution in [2.75, 3.05) is 0 Å². The maximum absolute atomic E-state index is 6.29. The number of rotatable bonds is 4. The highest BCUT2D eigenvalue weighted by Gasteiger charge is 2.14. The normalized spacial score (nSPS) is 11.5. The summed E-state index contributed by atoms with van der Waals surface area (Å²) in [6.07, 6.45) is 1.81. The Kier molecular flexibility index (Phi) is 4.25. The third-order valence-corrected chi connectivity index (χ3v) is 6.64. The number of fused-ring (bicyclic) bond motifs is 4. The fraction of sp³-hybridized carbons (Fsp3) is 0. The minimum atomic E-state index is 0.595. The maximum atomic E-state index is 6.29. The van der Waals surface area contributed by atoms with Gasteiger partial charge < -0.3 is 9.15 Å². The highest BCUT2D eigenvalue weighted by Crippen LogP contribution is 2.36. The topological polar surface area (TPSA) is 53.1 Å². The van der Waals surface area contributed by atoms with Crippen LogP contribution in [0.5, 0.6) is 11.5 Å². The minimum absolute atomic E-state index is 0.595. The molecule has 0 bridgehead atoms. The molecule has 4 aromatic heterocycles. The largest absolute Gasteiger partial charge is 0.457 e. The lowest BCUT2D eigenvalue weighted by molar-refractivity contribution is 0.483. The SMILES string of the molecule is c1ccc(-n2c3ccccc3c3ccc(Oc4cccc(-c5nc6ccsc6o5)c4)cc32)nc1. The lowest BCUT2D eigenvalue weighted by Crippen LogP contribution is -1.96. The molecular formula is C28H17N3O2S. The van der Waals surface area contributed by atoms with Crippen molar-refractivity contribution in [2.24, 2.45) is 0 Å². The van der Waals surface area contributed by atoms with Crippen LogP contribution in [0.2, 0.25) is 0 Å². The van der Waals surface area contributed by atoms with Gasteiger partial charge in [0.25, 0.3) is 0 Å². The molecule has 0 saturated carbocycles. The van der Waals surface area contributed by atoms with Crippen LogP contribution < -0.4 is 4.74 Å². The van der Waals surface area contributed by atoms with E-state index in [1.54, 1.807) is 11.3 Å². The molecule has 7 aromatic rings. The quantitative estimate of drug-likeness (QED) is 0.269. The van der Waals surface area contributed by atoms with Crippen LogP contribution in [0.25, 0.3) is 49.5 Å². The summed E-state index contributed by atoms with van der Waals surface area (Å²) in [7, 11) is 0. The van der Waals surface area contributed by atoms with Crippen LogP contribution in [0.4, 0.5) is 0 Å². The zero-order chi connectivity index (χ0) is 22.5. The van der Waals surface area contributed by atoms with Crippen molar-refractivity contribution < 1.29 is 9.15 Å². The monoisotopic (exact) mass is 459 g/mol. The van der Waals surface area contributed by atoms with Crippen molar-refractivity contribution in [1.82, 2.24) is 14.5 Å². The second-order valence-corrected chi connectivity index (χ2v) is 8.84. The number of aromatic nitrogens is 3. The number of nitrogens with zero attached hydrogens (tertiary/aromatic N) is 3. The number of ether oxygens (including phenoxy) is 1. The molecular weight excluding hydrogens is 442 g/mol. The summed E-state index contributed by atoms with van der Waals surface area (Å²) >= 11 is 1.54. The average molecular weight is 460 g/mol. The molecule has 0 unspecified atom stereocenters. The molecule has 4 heterocycles. The zero-order valence-electron chi connectivity index (χ0n) is 17.9. The summed E-state index contributed by atoms with van der Waals surface area (Å²) in [6.45, 7) is 0. The van der Waals surface area contributed by atoms with Gasteiger partial charge in [-0.2, -0.15) is 0 Å². The van der Waals surface area contributed by atoms with E-state index in [-0.39, 0.29) is 0 Å². The predicted octanol–water partition coefficient (Wildman–Crippen LogP) is 7.84. The van der Waals surface area contributed by atoms with E-state index < -0.39 is 0 Å². The second kappa shape index (κ2) is 7.57. The van der Waals surface area contributed by atoms with Crippen LogP contribution in [0, 0.1) is 0 Å². The van der Waals surface area contributed by atoms with Crippen molar-refractivity contribution >= 4 is 43.6 Å². The third-order valence-electron chi connectivity index (χ3n) is 5.86. The Labute approximate surface area is 198 Å². The van der Waals surface area contributed by atoms with Crippen LogP contribution in [0.3, 0.4) is 0 Å². The highest BCUT2D eigenvalue weighted by atomic mass is 32.1. The summed E-state index contributed by atoms with van der Waals surface area (Å²) in [4.78, 5) is 10.0. The Morgan fingerprint density at radius 1 is 0.765 bits per heavy atom. The highest BCUT2D eigenvalue weighted by molar-refractivity contribution is 7.16. The molecule has 0 aliphatic rings. The molecule has 0 fully saturated rings. The first kappa shape index (κ1) is 19.1. The van der Waals surface area contributed by atoms with Crippen LogP contribution in [-0.4, -0.2) is 14.5 Å². The molecule has 3 aromatic carbocycles. The Balaban J connectivity index is 1.32. The number of pyridine rings is 1. The molecule has 7 rings (SSSR count). The average Bonchev–Trinajstić information content (AvgIpc) is 3.57. The first-order valence-corrected chi connectivity index (χ1v) is 11.8. The van der Waals surface area contributed by atoms with Crippen LogP contribution in [0.1, 0.15) is 0 Å². The van der Waals surface area contributed by atoms with Gasteiger partial charge in [-0.3, -0.25) is 4.57 Å². The van der Waals surface area contributed by atoms with Crippen LogP contribution in [-0.2, 0) is 0 Å². The molecule has 0 N–H and O–H groups in total. The van der Waals surface area contributed by atoms with Gasteiger partial charge in [0.2, 0.25) is 10.8 Å². The lowest BCUT2D eigenvalue weighted by Gasteiger charge is -2.09. The van der Waals surface area contributed by atoms with Gasteiger partial charge >= 0.3 is 0 Å². The Morgan fingerprint density at radius 3 is 2.56 bits per heavy atom. The first-order valence-electron chi connectivity index (χ1n) is 10.9. The van der Waals surface area contributed by atoms with Gasteiger partial charge in [0, 0.05) is 28.6 Å². The number of para-hydroxylation sites is 1. The number of oxazole rings is 1. The molecule has 34 heavy (non-hydrogen) atoms. The fourth-order valence-corrected chi connectivity index (χ4v) is 5.05. The van der Waals surface area contributed by atoms with Gasteiger partial charge in [0.1, 0.15) is 22.8 Å². The number of thiophene rings is 1. The number of benzene rings is 3. The first-order chi connectivity index (χ1) is 16.8. The maximum Gasteiger partial charge on any atom is 0.228 e. The van der Waals surface area contributed by atoms with Crippen LogP contribution >= 0.6 is 11.3 Å². The van der Waals surface area contributed by atoms with E-state index in [1.165, 1.54) is 5.39 Å². The molecule has 0 amide bonds. The lowest BCUT2D eigenvalue weighted by atomic mass is 10.1. The van der Waals surface area contributed by atoms with E-state index in [0.29, 0.717) is 5.89 Å². The fourth-order valence-electron chi connectivity index (χ4n) is 4.37. The summed E-state index contributed by atoms with van der Waals surface area (Å²) in [5.74, 6) is 2.94. The van der Waals surface area contributed by atoms with Crippen molar-refractivity contribution in [2.45, 2.75) is 0 Å². The minimum Gasteiger partial charge on any atom is -0.457 e. The molecule has 0 spiro atoms. The van der Waals surface area contributed by atoms with Crippen LogP contribution in [0.15, 0.2) is 107 Å². The summed E-state index contributed by atoms with van der Waals surface area (Å²) in [6, 6.07) is 30.3. The van der Waals surface area contributed by atoms with Gasteiger partial charge in [-0.05, 0) is 60.0 Å². The van der Waals surface area contributed by atoms with Crippen molar-refractivity contribution in [1.29, 1.82) is 0 Å². The van der Waals surface area contributed by atoms with Gasteiger partial charge in [-0.15, -0.1) is 11.3 Å². The van der Waals surface area contributed by atoms with E-state index in [2.05, 4.69) is 50.9 Å². The molecule has 5 nitrogen and oxygen atoms in total. The van der Waals surface area contributed by atoms with E-state index in [9.17, 15) is 0 Å². The summed E-state index contributed by atoms with van der Waals surface area (Å²) in [5, 5.41) is 4.31. The molecule has 0 saturated heterocycles. The molecule has 162 valence electrons. The molecule has 0 atom stereocenters. The van der Waals surface area contributed by atoms with Crippen molar-refractivity contribution in [3.05, 3.63) is 103 Å². The summed E-state index contributed by atoms with van der Waals surface area (Å²) < 4.78 is 14.4. The number of hydrogen-bond donors (Lipinski definition) is 0. The van der Waals surface area contributed by atoms with E-state index in [0.717, 1.165) is 49.7 Å². The smallest absolute Gasteiger partial charge is 0.228 e. The Morgan fingerprint density at radius 2 is 1.65 bits per heavy atom. The third kappa shape index (κ3) is 3.08. The zero-order valence-corrected chi connectivity index (χ0v) is 18.7. The number of hydrogen-bond acceptors (Lipinski definition) is 5.